The average molecular weight is 357 g/mol. The van der Waals surface area contributed by atoms with E-state index in [9.17, 15) is 21.9 Å². The third-order valence-corrected chi connectivity index (χ3v) is 8.60. The SMILES string of the molecule is NS(=O)(=O)C1=CC2=CC=C(c3ccc(O)cc3)S(=O)(=O)C2S1. The number of sulfonamides is 1. The van der Waals surface area contributed by atoms with E-state index in [0.29, 0.717) is 22.9 Å². The number of hydrogen-bond acceptors (Lipinski definition) is 6. The van der Waals surface area contributed by atoms with E-state index < -0.39 is 24.4 Å². The van der Waals surface area contributed by atoms with Crippen molar-refractivity contribution < 1.29 is 21.9 Å². The molecule has 0 aromatic heterocycles. The van der Waals surface area contributed by atoms with Crippen molar-refractivity contribution in [1.29, 1.82) is 0 Å². The first-order chi connectivity index (χ1) is 10.2. The summed E-state index contributed by atoms with van der Waals surface area (Å²) in [6.07, 6.45) is 4.28. The van der Waals surface area contributed by atoms with Gasteiger partial charge in [-0.1, -0.05) is 17.8 Å². The lowest BCUT2D eigenvalue weighted by Gasteiger charge is -2.19. The minimum atomic E-state index is -3.94. The number of nitrogens with two attached hydrogens (primary N) is 1. The second kappa shape index (κ2) is 4.98. The van der Waals surface area contributed by atoms with Gasteiger partial charge in [-0.05, 0) is 47.6 Å². The lowest BCUT2D eigenvalue weighted by molar-refractivity contribution is 0.475. The van der Waals surface area contributed by atoms with Gasteiger partial charge >= 0.3 is 0 Å². The quantitative estimate of drug-likeness (QED) is 0.824. The number of fused-ring (bicyclic) bond motifs is 1. The first-order valence-corrected chi connectivity index (χ1v) is 10.0. The molecule has 0 saturated carbocycles. The number of phenols is 1. The first kappa shape index (κ1) is 15.3. The number of hydrogen-bond donors (Lipinski definition) is 2. The molecule has 2 aliphatic rings. The van der Waals surface area contributed by atoms with Crippen molar-refractivity contribution in [3.63, 3.8) is 0 Å². The Bertz CT molecular complexity index is 938. The summed E-state index contributed by atoms with van der Waals surface area (Å²) >= 11 is 0.712. The summed E-state index contributed by atoms with van der Waals surface area (Å²) in [5.74, 6) is 0.0298. The maximum absolute atomic E-state index is 12.7. The van der Waals surface area contributed by atoms with Crippen LogP contribution in [0, 0.1) is 0 Å². The molecule has 1 aromatic rings. The van der Waals surface area contributed by atoms with E-state index in [4.69, 9.17) is 5.14 Å². The van der Waals surface area contributed by atoms with E-state index in [1.807, 2.05) is 0 Å². The maximum Gasteiger partial charge on any atom is 0.244 e. The Balaban J connectivity index is 2.08. The molecule has 2 heterocycles. The van der Waals surface area contributed by atoms with Gasteiger partial charge in [0.05, 0.1) is 4.91 Å². The smallest absolute Gasteiger partial charge is 0.244 e. The Kier molecular flexibility index (Phi) is 3.48. The minimum Gasteiger partial charge on any atom is -0.508 e. The highest BCUT2D eigenvalue weighted by Gasteiger charge is 2.41. The standard InChI is InChI=1S/C13H11NO5S3/c14-22(18,19)12-7-9-3-6-11(21(16,17)13(9)20-12)8-1-4-10(15)5-2-8/h1-7,13,15H,(H2,14,18,19). The summed E-state index contributed by atoms with van der Waals surface area (Å²) in [5, 5.41) is 14.3. The van der Waals surface area contributed by atoms with Gasteiger partial charge in [0.15, 0.2) is 9.84 Å². The summed E-state index contributed by atoms with van der Waals surface area (Å²) in [7, 11) is -7.69. The van der Waals surface area contributed by atoms with Crippen LogP contribution in [0.1, 0.15) is 5.56 Å². The van der Waals surface area contributed by atoms with Crippen molar-refractivity contribution in [2.75, 3.05) is 0 Å². The molecule has 0 fully saturated rings. The summed E-state index contributed by atoms with van der Waals surface area (Å²) in [5.41, 5.74) is 0.814. The Morgan fingerprint density at radius 3 is 2.36 bits per heavy atom. The molecule has 9 heteroatoms. The van der Waals surface area contributed by atoms with E-state index in [1.165, 1.54) is 36.4 Å². The lowest BCUT2D eigenvalue weighted by Crippen LogP contribution is -2.21. The maximum atomic E-state index is 12.7. The van der Waals surface area contributed by atoms with Gasteiger partial charge in [0, 0.05) is 0 Å². The van der Waals surface area contributed by atoms with Gasteiger partial charge in [-0.25, -0.2) is 22.0 Å². The Hall–Kier alpha value is -1.55. The van der Waals surface area contributed by atoms with Crippen LogP contribution in [0.4, 0.5) is 0 Å². The summed E-state index contributed by atoms with van der Waals surface area (Å²) < 4.78 is 47.0. The normalized spacial score (nSPS) is 23.3. The highest BCUT2D eigenvalue weighted by atomic mass is 32.3. The van der Waals surface area contributed by atoms with Gasteiger partial charge in [0.2, 0.25) is 10.0 Å². The lowest BCUT2D eigenvalue weighted by atomic mass is 10.1. The van der Waals surface area contributed by atoms with Crippen LogP contribution in [0.3, 0.4) is 0 Å². The molecule has 0 amide bonds. The predicted molar refractivity (Wildman–Crippen MR) is 85.7 cm³/mol. The van der Waals surface area contributed by atoms with Crippen molar-refractivity contribution in [3.8, 4) is 5.75 Å². The zero-order valence-electron chi connectivity index (χ0n) is 11.0. The third-order valence-electron chi connectivity index (χ3n) is 3.23. The monoisotopic (exact) mass is 357 g/mol. The molecule has 0 spiro atoms. The molecule has 0 saturated heterocycles. The van der Waals surface area contributed by atoms with Gasteiger partial charge in [0.25, 0.3) is 0 Å². The van der Waals surface area contributed by atoms with Crippen molar-refractivity contribution in [2.24, 2.45) is 5.14 Å². The third kappa shape index (κ3) is 2.50. The number of rotatable bonds is 2. The Morgan fingerprint density at radius 1 is 1.14 bits per heavy atom. The topological polar surface area (TPSA) is 115 Å². The number of phenolic OH excluding ortho intramolecular Hbond substituents is 1. The molecule has 2 aliphatic heterocycles. The van der Waals surface area contributed by atoms with Crippen LogP contribution in [-0.4, -0.2) is 26.5 Å². The van der Waals surface area contributed by atoms with E-state index in [0.717, 1.165) is 0 Å². The number of primary sulfonamides is 1. The molecule has 1 aromatic carbocycles. The molecule has 116 valence electrons. The van der Waals surface area contributed by atoms with Crippen molar-refractivity contribution in [1.82, 2.24) is 0 Å². The second-order valence-corrected chi connectivity index (χ2v) is 9.98. The fourth-order valence-electron chi connectivity index (χ4n) is 2.20. The molecule has 0 aliphatic carbocycles. The van der Waals surface area contributed by atoms with E-state index in [1.54, 1.807) is 6.08 Å². The van der Waals surface area contributed by atoms with Crippen molar-refractivity contribution in [2.45, 2.75) is 4.58 Å². The number of aromatic hydroxyl groups is 1. The predicted octanol–water partition coefficient (Wildman–Crippen LogP) is 1.29. The number of allylic oxidation sites excluding steroid dienone is 3. The van der Waals surface area contributed by atoms with Crippen LogP contribution in [0.2, 0.25) is 0 Å². The van der Waals surface area contributed by atoms with Crippen LogP contribution in [-0.2, 0) is 19.9 Å². The van der Waals surface area contributed by atoms with Crippen LogP contribution in [0.25, 0.3) is 4.91 Å². The molecule has 1 unspecified atom stereocenters. The molecule has 0 radical (unpaired) electrons. The molecule has 3 N–H and O–H groups in total. The van der Waals surface area contributed by atoms with E-state index in [-0.39, 0.29) is 14.9 Å². The van der Waals surface area contributed by atoms with Gasteiger partial charge in [0.1, 0.15) is 14.6 Å². The first-order valence-electron chi connectivity index (χ1n) is 6.06. The molecule has 0 bridgehead atoms. The fraction of sp³-hybridized carbons (Fsp3) is 0.0769. The van der Waals surface area contributed by atoms with E-state index >= 15 is 0 Å². The number of thioether (sulfide) groups is 1. The van der Waals surface area contributed by atoms with Gasteiger partial charge in [-0.3, -0.25) is 0 Å². The Morgan fingerprint density at radius 2 is 1.77 bits per heavy atom. The zero-order valence-corrected chi connectivity index (χ0v) is 13.5. The minimum absolute atomic E-state index is 0.0298. The molecule has 3 rings (SSSR count). The van der Waals surface area contributed by atoms with Crippen LogP contribution in [0.15, 0.2) is 52.3 Å². The van der Waals surface area contributed by atoms with Crippen molar-refractivity contribution >= 4 is 36.5 Å². The van der Waals surface area contributed by atoms with Crippen LogP contribution in [0.5, 0.6) is 5.75 Å². The highest BCUT2D eigenvalue weighted by Crippen LogP contribution is 2.47. The van der Waals surface area contributed by atoms with Crippen molar-refractivity contribution in [3.05, 3.63) is 57.9 Å². The van der Waals surface area contributed by atoms with Gasteiger partial charge in [-0.15, -0.1) is 0 Å². The van der Waals surface area contributed by atoms with Crippen LogP contribution >= 0.6 is 11.8 Å². The van der Waals surface area contributed by atoms with Gasteiger partial charge in [-0.2, -0.15) is 0 Å². The summed E-state index contributed by atoms with van der Waals surface area (Å²) in [6.45, 7) is 0. The van der Waals surface area contributed by atoms with Crippen LogP contribution < -0.4 is 5.14 Å². The molecular formula is C13H11NO5S3. The number of sulfone groups is 1. The summed E-state index contributed by atoms with van der Waals surface area (Å²) in [4.78, 5) is 0.0813. The Labute approximate surface area is 132 Å². The fourth-order valence-corrected chi connectivity index (χ4v) is 6.79. The molecule has 22 heavy (non-hydrogen) atoms. The number of benzene rings is 1. The largest absolute Gasteiger partial charge is 0.508 e. The molecule has 1 atom stereocenters. The van der Waals surface area contributed by atoms with E-state index in [2.05, 4.69) is 0 Å². The summed E-state index contributed by atoms with van der Waals surface area (Å²) in [6, 6.07) is 5.76. The highest BCUT2D eigenvalue weighted by molar-refractivity contribution is 8.26. The molecule has 6 nitrogen and oxygen atoms in total. The second-order valence-electron chi connectivity index (χ2n) is 4.75. The zero-order chi connectivity index (χ0) is 16.1. The average Bonchev–Trinajstić information content (AvgIpc) is 2.86. The van der Waals surface area contributed by atoms with Gasteiger partial charge < -0.3 is 5.11 Å². The molecular weight excluding hydrogens is 346 g/mol.